The van der Waals surface area contributed by atoms with Crippen molar-refractivity contribution in [2.75, 3.05) is 37.4 Å². The normalized spacial score (nSPS) is 17.0. The maximum absolute atomic E-state index is 13.8. The first-order valence-electron chi connectivity index (χ1n) is 9.92. The number of hydrogen-bond donors (Lipinski definition) is 1. The summed E-state index contributed by atoms with van der Waals surface area (Å²) in [4.78, 5) is 28.1. The Hall–Kier alpha value is -3.21. The van der Waals surface area contributed by atoms with Crippen LogP contribution < -0.4 is 10.2 Å². The molecule has 3 aromatic heterocycles. The molecule has 0 bridgehead atoms. The van der Waals surface area contributed by atoms with E-state index in [0.29, 0.717) is 23.2 Å². The SMILES string of the molecule is CC(=O)Nc1cc2c(cn1)c(N1CC[C@@H](N(C)C)C1)nn2-c1cncc(C(C)(F)F)n1. The largest absolute Gasteiger partial charge is 0.353 e. The number of carbonyl (C=O) groups excluding carboxylic acids is 1. The zero-order valence-electron chi connectivity index (χ0n) is 17.8. The van der Waals surface area contributed by atoms with E-state index in [2.05, 4.69) is 30.1 Å². The molecular formula is C20H24F2N8O. The smallest absolute Gasteiger partial charge is 0.288 e. The van der Waals surface area contributed by atoms with Gasteiger partial charge in [-0.1, -0.05) is 0 Å². The fraction of sp³-hybridized carbons (Fsp3) is 0.450. The molecule has 0 spiro atoms. The molecule has 1 saturated heterocycles. The molecule has 0 saturated carbocycles. The Bertz CT molecular complexity index is 1120. The first kappa shape index (κ1) is 21.0. The van der Waals surface area contributed by atoms with Crippen molar-refractivity contribution >= 4 is 28.4 Å². The number of rotatable bonds is 5. The van der Waals surface area contributed by atoms with Crippen molar-refractivity contribution in [2.24, 2.45) is 0 Å². The molecule has 1 aliphatic rings. The lowest BCUT2D eigenvalue weighted by Crippen LogP contribution is -2.31. The minimum absolute atomic E-state index is 0.165. The minimum atomic E-state index is -3.13. The molecular weight excluding hydrogens is 406 g/mol. The lowest BCUT2D eigenvalue weighted by Gasteiger charge is -2.20. The van der Waals surface area contributed by atoms with E-state index in [1.807, 2.05) is 14.1 Å². The molecule has 1 atom stereocenters. The van der Waals surface area contributed by atoms with Crippen LogP contribution in [-0.2, 0) is 10.7 Å². The van der Waals surface area contributed by atoms with Gasteiger partial charge in [-0.15, -0.1) is 5.10 Å². The van der Waals surface area contributed by atoms with Crippen LogP contribution in [0.15, 0.2) is 24.7 Å². The van der Waals surface area contributed by atoms with Crippen LogP contribution in [0.5, 0.6) is 0 Å². The molecule has 4 heterocycles. The van der Waals surface area contributed by atoms with E-state index in [-0.39, 0.29) is 11.7 Å². The van der Waals surface area contributed by atoms with E-state index in [0.717, 1.165) is 38.0 Å². The topological polar surface area (TPSA) is 92.1 Å². The number of pyridine rings is 1. The quantitative estimate of drug-likeness (QED) is 0.665. The standard InChI is InChI=1S/C20H24F2N8O/c1-12(31)25-17-7-15-14(8-24-17)19(29-6-5-13(11-29)28(3)4)27-30(15)18-10-23-9-16(26-18)20(2,21)22/h7-10,13H,5-6,11H2,1-4H3,(H,24,25,31)/t13-/m1/s1. The predicted octanol–water partition coefficient (Wildman–Crippen LogP) is 2.42. The molecule has 0 radical (unpaired) electrons. The fourth-order valence-electron chi connectivity index (χ4n) is 3.68. The van der Waals surface area contributed by atoms with E-state index in [4.69, 9.17) is 5.10 Å². The van der Waals surface area contributed by atoms with Gasteiger partial charge >= 0.3 is 0 Å². The molecule has 31 heavy (non-hydrogen) atoms. The summed E-state index contributed by atoms with van der Waals surface area (Å²) in [5, 5.41) is 8.09. The van der Waals surface area contributed by atoms with E-state index in [1.165, 1.54) is 17.8 Å². The zero-order valence-corrected chi connectivity index (χ0v) is 17.8. The Labute approximate surface area is 178 Å². The van der Waals surface area contributed by atoms with Crippen LogP contribution in [0.25, 0.3) is 16.7 Å². The van der Waals surface area contributed by atoms with Crippen LogP contribution in [-0.4, -0.2) is 68.8 Å². The molecule has 0 aliphatic carbocycles. The van der Waals surface area contributed by atoms with Crippen LogP contribution in [0.3, 0.4) is 0 Å². The summed E-state index contributed by atoms with van der Waals surface area (Å²) in [6.45, 7) is 3.75. The molecule has 164 valence electrons. The van der Waals surface area contributed by atoms with Crippen LogP contribution in [0.1, 0.15) is 26.0 Å². The lowest BCUT2D eigenvalue weighted by atomic mass is 10.2. The van der Waals surface area contributed by atoms with Crippen molar-refractivity contribution in [3.8, 4) is 5.82 Å². The Morgan fingerprint density at radius 1 is 1.29 bits per heavy atom. The van der Waals surface area contributed by atoms with E-state index in [9.17, 15) is 13.6 Å². The average molecular weight is 430 g/mol. The summed E-state index contributed by atoms with van der Waals surface area (Å²) in [5.74, 6) is -2.20. The highest BCUT2D eigenvalue weighted by molar-refractivity contribution is 5.95. The number of hydrogen-bond acceptors (Lipinski definition) is 7. The number of fused-ring (bicyclic) bond motifs is 1. The van der Waals surface area contributed by atoms with Gasteiger partial charge in [0.2, 0.25) is 5.91 Å². The van der Waals surface area contributed by atoms with Gasteiger partial charge in [0.15, 0.2) is 11.6 Å². The van der Waals surface area contributed by atoms with Crippen LogP contribution >= 0.6 is 0 Å². The van der Waals surface area contributed by atoms with Gasteiger partial charge in [-0.3, -0.25) is 9.78 Å². The Balaban J connectivity index is 1.85. The second kappa shape index (κ2) is 7.80. The molecule has 0 unspecified atom stereocenters. The summed E-state index contributed by atoms with van der Waals surface area (Å²) in [6, 6.07) is 2.04. The molecule has 1 amide bonds. The molecule has 3 aromatic rings. The Morgan fingerprint density at radius 2 is 2.06 bits per heavy atom. The number of alkyl halides is 2. The highest BCUT2D eigenvalue weighted by atomic mass is 19.3. The number of amides is 1. The van der Waals surface area contributed by atoms with Gasteiger partial charge in [0.05, 0.1) is 23.3 Å². The van der Waals surface area contributed by atoms with Gasteiger partial charge in [-0.2, -0.15) is 8.78 Å². The van der Waals surface area contributed by atoms with Crippen LogP contribution in [0.2, 0.25) is 0 Å². The van der Waals surface area contributed by atoms with Gasteiger partial charge in [0.25, 0.3) is 5.92 Å². The summed E-state index contributed by atoms with van der Waals surface area (Å²) in [7, 11) is 4.08. The maximum atomic E-state index is 13.8. The van der Waals surface area contributed by atoms with Gasteiger partial charge in [0, 0.05) is 45.2 Å². The monoisotopic (exact) mass is 430 g/mol. The van der Waals surface area contributed by atoms with Crippen LogP contribution in [0, 0.1) is 0 Å². The molecule has 9 nitrogen and oxygen atoms in total. The highest BCUT2D eigenvalue weighted by Crippen LogP contribution is 2.32. The third kappa shape index (κ3) is 4.18. The zero-order chi connectivity index (χ0) is 22.3. The third-order valence-corrected chi connectivity index (χ3v) is 5.33. The molecule has 1 aliphatic heterocycles. The second-order valence-electron chi connectivity index (χ2n) is 8.01. The number of nitrogens with one attached hydrogen (secondary N) is 1. The summed E-state index contributed by atoms with van der Waals surface area (Å²) >= 11 is 0. The Morgan fingerprint density at radius 3 is 2.71 bits per heavy atom. The molecule has 1 fully saturated rings. The van der Waals surface area contributed by atoms with Crippen molar-refractivity contribution < 1.29 is 13.6 Å². The van der Waals surface area contributed by atoms with E-state index < -0.39 is 11.6 Å². The van der Waals surface area contributed by atoms with E-state index >= 15 is 0 Å². The minimum Gasteiger partial charge on any atom is -0.353 e. The number of halogens is 2. The Kier molecular flexibility index (Phi) is 5.29. The van der Waals surface area contributed by atoms with E-state index in [1.54, 1.807) is 12.3 Å². The number of likely N-dealkylation sites (N-methyl/N-ethyl adjacent to an activating group) is 1. The summed E-state index contributed by atoms with van der Waals surface area (Å²) in [5.41, 5.74) is 0.146. The fourth-order valence-corrected chi connectivity index (χ4v) is 3.68. The number of aromatic nitrogens is 5. The van der Waals surface area contributed by atoms with Gasteiger partial charge < -0.3 is 15.1 Å². The molecule has 4 rings (SSSR count). The molecule has 0 aromatic carbocycles. The van der Waals surface area contributed by atoms with Crippen molar-refractivity contribution in [1.29, 1.82) is 0 Å². The van der Waals surface area contributed by atoms with Crippen molar-refractivity contribution in [1.82, 2.24) is 29.6 Å². The van der Waals surface area contributed by atoms with Crippen molar-refractivity contribution in [2.45, 2.75) is 32.2 Å². The summed E-state index contributed by atoms with van der Waals surface area (Å²) in [6.07, 6.45) is 5.04. The maximum Gasteiger partial charge on any atom is 0.288 e. The lowest BCUT2D eigenvalue weighted by molar-refractivity contribution is -0.114. The molecule has 11 heteroatoms. The second-order valence-corrected chi connectivity index (χ2v) is 8.01. The van der Waals surface area contributed by atoms with Crippen molar-refractivity contribution in [3.05, 3.63) is 30.4 Å². The van der Waals surface area contributed by atoms with Gasteiger partial charge in [0.1, 0.15) is 11.5 Å². The predicted molar refractivity (Wildman–Crippen MR) is 113 cm³/mol. The van der Waals surface area contributed by atoms with Gasteiger partial charge in [-0.05, 0) is 20.5 Å². The highest BCUT2D eigenvalue weighted by Gasteiger charge is 2.30. The third-order valence-electron chi connectivity index (χ3n) is 5.33. The first-order valence-corrected chi connectivity index (χ1v) is 9.92. The first-order chi connectivity index (χ1) is 14.6. The molecule has 1 N–H and O–H groups in total. The summed E-state index contributed by atoms with van der Waals surface area (Å²) < 4.78 is 29.2. The number of nitrogens with zero attached hydrogens (tertiary/aromatic N) is 7. The van der Waals surface area contributed by atoms with Crippen LogP contribution in [0.4, 0.5) is 20.4 Å². The number of carbonyl (C=O) groups is 1. The van der Waals surface area contributed by atoms with Crippen molar-refractivity contribution in [3.63, 3.8) is 0 Å². The average Bonchev–Trinajstić information content (AvgIpc) is 3.31. The van der Waals surface area contributed by atoms with Gasteiger partial charge in [-0.25, -0.2) is 14.6 Å². The number of anilines is 2.